The van der Waals surface area contributed by atoms with Crippen molar-refractivity contribution in [3.05, 3.63) is 0 Å². The lowest BCUT2D eigenvalue weighted by Gasteiger charge is -2.20. The third-order valence-electron chi connectivity index (χ3n) is 0.735. The number of ether oxygens (including phenoxy) is 1. The fourth-order valence-electron chi connectivity index (χ4n) is 0.352. The maximum atomic E-state index is 10.7. The van der Waals surface area contributed by atoms with Crippen LogP contribution in [0.4, 0.5) is 0 Å². The van der Waals surface area contributed by atoms with Gasteiger partial charge in [0.05, 0.1) is 0 Å². The highest BCUT2D eigenvalue weighted by Crippen LogP contribution is 2.00. The Kier molecular flexibility index (Phi) is 2.80. The first-order valence-corrected chi connectivity index (χ1v) is 3.10. The second kappa shape index (κ2) is 2.98. The molecule has 0 heterocycles. The molecule has 0 aromatic carbocycles. The zero-order chi connectivity index (χ0) is 8.36. The number of esters is 1. The predicted molar refractivity (Wildman–Crippen MR) is 38.0 cm³/mol. The molecule has 10 heavy (non-hydrogen) atoms. The van der Waals surface area contributed by atoms with Crippen molar-refractivity contribution in [2.75, 3.05) is 0 Å². The molecule has 0 fully saturated rings. The van der Waals surface area contributed by atoms with Gasteiger partial charge in [-0.25, -0.2) is 0 Å². The zero-order valence-corrected chi connectivity index (χ0v) is 6.55. The Hall–Kier alpha value is -0.610. The molecule has 1 atom stereocenters. The summed E-state index contributed by atoms with van der Waals surface area (Å²) in [6, 6.07) is -0.608. The van der Waals surface area contributed by atoms with Crippen LogP contribution in [0.25, 0.3) is 0 Å². The van der Waals surface area contributed by atoms with E-state index >= 15 is 0 Å². The second-order valence-electron chi connectivity index (χ2n) is 2.81. The van der Waals surface area contributed by atoms with Gasteiger partial charge in [-0.3, -0.25) is 10.5 Å². The largest absolute Gasteiger partial charge is 0.444 e. The van der Waals surface area contributed by atoms with Crippen LogP contribution in [-0.2, 0) is 9.53 Å². The number of rotatable bonds is 2. The highest BCUT2D eigenvalue weighted by molar-refractivity contribution is 5.75. The molecule has 60 valence electrons. The van der Waals surface area contributed by atoms with Crippen LogP contribution in [0.15, 0.2) is 0 Å². The van der Waals surface area contributed by atoms with Crippen LogP contribution < -0.4 is 11.5 Å². The summed E-state index contributed by atoms with van der Waals surface area (Å²) in [5, 5.41) is 0. The van der Waals surface area contributed by atoms with E-state index in [1.54, 1.807) is 20.8 Å². The maximum absolute atomic E-state index is 10.7. The van der Waals surface area contributed by atoms with Crippen molar-refractivity contribution in [2.24, 2.45) is 11.5 Å². The second-order valence-corrected chi connectivity index (χ2v) is 2.81. The smallest absolute Gasteiger partial charge is 0.324 e. The fourth-order valence-corrected chi connectivity index (χ4v) is 0.352. The van der Waals surface area contributed by atoms with Crippen LogP contribution >= 0.6 is 0 Å². The van der Waals surface area contributed by atoms with Gasteiger partial charge in [-0.2, -0.15) is 0 Å². The molecular formula is C6H14N2O2. The Morgan fingerprint density at radius 1 is 1.60 bits per heavy atom. The molecule has 0 aliphatic rings. The molecule has 4 nitrogen and oxygen atoms in total. The van der Waals surface area contributed by atoms with Gasteiger partial charge in [0.1, 0.15) is 6.04 Å². The monoisotopic (exact) mass is 146 g/mol. The lowest BCUT2D eigenvalue weighted by Crippen LogP contribution is -2.42. The van der Waals surface area contributed by atoms with Gasteiger partial charge in [0, 0.05) is 0 Å². The van der Waals surface area contributed by atoms with Gasteiger partial charge in [-0.05, 0) is 20.8 Å². The number of carbonyl (C=O) groups excluding carboxylic acids is 1. The molecule has 0 aliphatic carbocycles. The van der Waals surface area contributed by atoms with E-state index in [0.29, 0.717) is 0 Å². The topological polar surface area (TPSA) is 78.3 Å². The van der Waals surface area contributed by atoms with E-state index in [1.165, 1.54) is 0 Å². The molecule has 0 aromatic rings. The third kappa shape index (κ3) is 4.29. The van der Waals surface area contributed by atoms with E-state index in [9.17, 15) is 4.79 Å². The number of nitrogens with two attached hydrogens (primary N) is 2. The van der Waals surface area contributed by atoms with Crippen LogP contribution in [0.2, 0.25) is 0 Å². The van der Waals surface area contributed by atoms with Gasteiger partial charge >= 0.3 is 5.97 Å². The summed E-state index contributed by atoms with van der Waals surface area (Å²) < 4.78 is 4.71. The Morgan fingerprint density at radius 3 is 2.10 bits per heavy atom. The molecule has 0 rings (SSSR count). The maximum Gasteiger partial charge on any atom is 0.324 e. The number of hydrogen-bond acceptors (Lipinski definition) is 4. The summed E-state index contributed by atoms with van der Waals surface area (Å²) in [5.41, 5.74) is 9.66. The first-order valence-electron chi connectivity index (χ1n) is 3.10. The SMILES string of the molecule is C[C@H](N)C(=O)OC(C)(C)N. The van der Waals surface area contributed by atoms with E-state index in [0.717, 1.165) is 0 Å². The van der Waals surface area contributed by atoms with Crippen molar-refractivity contribution >= 4 is 5.97 Å². The standard InChI is InChI=1S/C6H14N2O2/c1-4(7)5(9)10-6(2,3)8/h4H,7-8H2,1-3H3/t4-/m0/s1. The minimum atomic E-state index is -0.926. The summed E-state index contributed by atoms with van der Waals surface area (Å²) >= 11 is 0. The average molecular weight is 146 g/mol. The molecule has 4 N–H and O–H groups in total. The quantitative estimate of drug-likeness (QED) is 0.409. The summed E-state index contributed by atoms with van der Waals surface area (Å²) in [7, 11) is 0. The number of carbonyl (C=O) groups is 1. The van der Waals surface area contributed by atoms with E-state index < -0.39 is 17.7 Å². The first-order chi connectivity index (χ1) is 4.33. The van der Waals surface area contributed by atoms with Gasteiger partial charge in [0.2, 0.25) is 0 Å². The van der Waals surface area contributed by atoms with Crippen LogP contribution in [0.3, 0.4) is 0 Å². The molecule has 0 amide bonds. The third-order valence-corrected chi connectivity index (χ3v) is 0.735. The molecule has 0 radical (unpaired) electrons. The van der Waals surface area contributed by atoms with Gasteiger partial charge < -0.3 is 10.5 Å². The molecular weight excluding hydrogens is 132 g/mol. The molecule has 0 unspecified atom stereocenters. The van der Waals surface area contributed by atoms with Crippen LogP contribution in [0.1, 0.15) is 20.8 Å². The molecule has 0 saturated heterocycles. The highest BCUT2D eigenvalue weighted by atomic mass is 16.6. The number of hydrogen-bond donors (Lipinski definition) is 2. The van der Waals surface area contributed by atoms with Crippen molar-refractivity contribution in [1.82, 2.24) is 0 Å². The first kappa shape index (κ1) is 9.39. The summed E-state index contributed by atoms with van der Waals surface area (Å²) in [4.78, 5) is 10.7. The van der Waals surface area contributed by atoms with E-state index in [1.807, 2.05) is 0 Å². The van der Waals surface area contributed by atoms with E-state index in [-0.39, 0.29) is 0 Å². The zero-order valence-electron chi connectivity index (χ0n) is 6.55. The Bertz CT molecular complexity index is 126. The Balaban J connectivity index is 3.81. The molecule has 4 heteroatoms. The lowest BCUT2D eigenvalue weighted by molar-refractivity contribution is -0.157. The highest BCUT2D eigenvalue weighted by Gasteiger charge is 2.18. The van der Waals surface area contributed by atoms with Crippen molar-refractivity contribution in [3.8, 4) is 0 Å². The molecule has 0 aliphatic heterocycles. The summed E-state index contributed by atoms with van der Waals surface area (Å²) in [5.74, 6) is -0.479. The van der Waals surface area contributed by atoms with Gasteiger partial charge in [-0.15, -0.1) is 0 Å². The van der Waals surface area contributed by atoms with Crippen LogP contribution in [-0.4, -0.2) is 17.7 Å². The molecule has 0 bridgehead atoms. The normalized spacial score (nSPS) is 14.5. The van der Waals surface area contributed by atoms with Crippen LogP contribution in [0.5, 0.6) is 0 Å². The minimum absolute atomic E-state index is 0.479. The van der Waals surface area contributed by atoms with Crippen molar-refractivity contribution in [3.63, 3.8) is 0 Å². The van der Waals surface area contributed by atoms with Crippen molar-refractivity contribution < 1.29 is 9.53 Å². The van der Waals surface area contributed by atoms with E-state index in [4.69, 9.17) is 16.2 Å². The Labute approximate surface area is 60.5 Å². The summed E-state index contributed by atoms with van der Waals surface area (Å²) in [6.07, 6.45) is 0. The summed E-state index contributed by atoms with van der Waals surface area (Å²) in [6.45, 7) is 4.73. The molecule has 0 saturated carbocycles. The Morgan fingerprint density at radius 2 is 2.00 bits per heavy atom. The molecule has 0 spiro atoms. The van der Waals surface area contributed by atoms with Crippen molar-refractivity contribution in [2.45, 2.75) is 32.5 Å². The van der Waals surface area contributed by atoms with Gasteiger partial charge in [0.15, 0.2) is 5.72 Å². The van der Waals surface area contributed by atoms with Crippen molar-refractivity contribution in [1.29, 1.82) is 0 Å². The van der Waals surface area contributed by atoms with Crippen LogP contribution in [0, 0.1) is 0 Å². The van der Waals surface area contributed by atoms with E-state index in [2.05, 4.69) is 0 Å². The lowest BCUT2D eigenvalue weighted by atomic mass is 10.3. The van der Waals surface area contributed by atoms with Gasteiger partial charge in [-0.1, -0.05) is 0 Å². The predicted octanol–water partition coefficient (Wildman–Crippen LogP) is -0.428. The molecule has 0 aromatic heterocycles. The fraction of sp³-hybridized carbons (Fsp3) is 0.833. The van der Waals surface area contributed by atoms with Gasteiger partial charge in [0.25, 0.3) is 0 Å². The minimum Gasteiger partial charge on any atom is -0.444 e. The average Bonchev–Trinajstić information content (AvgIpc) is 1.60.